The van der Waals surface area contributed by atoms with Crippen LogP contribution in [0.5, 0.6) is 0 Å². The highest BCUT2D eigenvalue weighted by atomic mass is 16.3. The fraction of sp³-hybridized carbons (Fsp3) is 0.208. The molecule has 3 heterocycles. The third kappa shape index (κ3) is 3.71. The number of aromatic nitrogens is 2. The summed E-state index contributed by atoms with van der Waals surface area (Å²) < 4.78 is 6.34. The number of para-hydroxylation sites is 1. The summed E-state index contributed by atoms with van der Waals surface area (Å²) in [7, 11) is 0. The normalized spacial score (nSPS) is 14.1. The zero-order chi connectivity index (χ0) is 22.1. The number of furan rings is 1. The number of piperazine rings is 1. The first kappa shape index (κ1) is 19.9. The number of anilines is 1. The third-order valence-electron chi connectivity index (χ3n) is 5.81. The Kier molecular flexibility index (Phi) is 5.10. The molecule has 1 aliphatic rings. The van der Waals surface area contributed by atoms with Gasteiger partial charge >= 0.3 is 5.69 Å². The number of fused-ring (bicyclic) bond motifs is 1. The lowest BCUT2D eigenvalue weighted by Gasteiger charge is -2.36. The van der Waals surface area contributed by atoms with Gasteiger partial charge in [0.25, 0.3) is 11.5 Å². The largest absolute Gasteiger partial charge is 0.467 e. The van der Waals surface area contributed by atoms with Gasteiger partial charge in [-0.25, -0.2) is 4.79 Å². The SMILES string of the molecule is O=C(c1ccc2c(=O)n(Cc3ccco3)c(=O)[nH]c2c1)N1CCN(c2ccccc2)CC1. The van der Waals surface area contributed by atoms with Gasteiger partial charge in [-0.1, -0.05) is 18.2 Å². The lowest BCUT2D eigenvalue weighted by Crippen LogP contribution is -2.48. The monoisotopic (exact) mass is 430 g/mol. The molecular formula is C24H22N4O4. The van der Waals surface area contributed by atoms with E-state index in [1.165, 1.54) is 6.26 Å². The van der Waals surface area contributed by atoms with Crippen LogP contribution < -0.4 is 16.1 Å². The highest BCUT2D eigenvalue weighted by Gasteiger charge is 2.23. The maximum atomic E-state index is 13.1. The molecule has 1 saturated heterocycles. The van der Waals surface area contributed by atoms with Crippen molar-refractivity contribution in [1.29, 1.82) is 0 Å². The van der Waals surface area contributed by atoms with Crippen molar-refractivity contribution in [2.45, 2.75) is 6.54 Å². The second-order valence-corrected chi connectivity index (χ2v) is 7.78. The number of hydrogen-bond donors (Lipinski definition) is 1. The lowest BCUT2D eigenvalue weighted by molar-refractivity contribution is 0.0747. The van der Waals surface area contributed by atoms with Gasteiger partial charge in [0.05, 0.1) is 23.7 Å². The van der Waals surface area contributed by atoms with Gasteiger partial charge in [-0.3, -0.25) is 14.2 Å². The molecule has 2 aromatic heterocycles. The van der Waals surface area contributed by atoms with Gasteiger partial charge in [0, 0.05) is 37.4 Å². The summed E-state index contributed by atoms with van der Waals surface area (Å²) in [6.07, 6.45) is 1.49. The Morgan fingerprint density at radius 3 is 2.44 bits per heavy atom. The molecule has 162 valence electrons. The average Bonchev–Trinajstić information content (AvgIpc) is 3.35. The van der Waals surface area contributed by atoms with Crippen LogP contribution >= 0.6 is 0 Å². The van der Waals surface area contributed by atoms with Crippen LogP contribution in [0.15, 0.2) is 80.9 Å². The Hall–Kier alpha value is -4.07. The molecule has 0 unspecified atom stereocenters. The molecule has 1 fully saturated rings. The van der Waals surface area contributed by atoms with Crippen molar-refractivity contribution in [2.24, 2.45) is 0 Å². The van der Waals surface area contributed by atoms with E-state index in [1.807, 2.05) is 18.2 Å². The number of H-pyrrole nitrogens is 1. The highest BCUT2D eigenvalue weighted by molar-refractivity contribution is 5.97. The van der Waals surface area contributed by atoms with Gasteiger partial charge in [-0.2, -0.15) is 0 Å². The molecule has 0 bridgehead atoms. The smallest absolute Gasteiger partial charge is 0.329 e. The topological polar surface area (TPSA) is 91.5 Å². The van der Waals surface area contributed by atoms with Crippen molar-refractivity contribution < 1.29 is 9.21 Å². The van der Waals surface area contributed by atoms with E-state index in [1.54, 1.807) is 35.2 Å². The Morgan fingerprint density at radius 2 is 1.72 bits per heavy atom. The minimum atomic E-state index is -0.542. The van der Waals surface area contributed by atoms with Crippen LogP contribution in [0.2, 0.25) is 0 Å². The van der Waals surface area contributed by atoms with E-state index >= 15 is 0 Å². The first-order valence-electron chi connectivity index (χ1n) is 10.5. The number of carbonyl (C=O) groups excluding carboxylic acids is 1. The molecule has 0 radical (unpaired) electrons. The molecule has 1 amide bonds. The molecule has 32 heavy (non-hydrogen) atoms. The molecule has 2 aromatic carbocycles. The first-order valence-corrected chi connectivity index (χ1v) is 10.5. The number of benzene rings is 2. The maximum Gasteiger partial charge on any atom is 0.329 e. The van der Waals surface area contributed by atoms with E-state index in [0.29, 0.717) is 35.3 Å². The number of rotatable bonds is 4. The summed E-state index contributed by atoms with van der Waals surface area (Å²) in [4.78, 5) is 45.2. The number of hydrogen-bond acceptors (Lipinski definition) is 5. The Bertz CT molecular complexity index is 1360. The van der Waals surface area contributed by atoms with Crippen LogP contribution in [-0.4, -0.2) is 46.5 Å². The Labute approximate surface area is 183 Å². The van der Waals surface area contributed by atoms with E-state index in [4.69, 9.17) is 4.42 Å². The molecule has 0 atom stereocenters. The average molecular weight is 430 g/mol. The van der Waals surface area contributed by atoms with Crippen molar-refractivity contribution in [3.8, 4) is 0 Å². The zero-order valence-corrected chi connectivity index (χ0v) is 17.4. The fourth-order valence-corrected chi connectivity index (χ4v) is 4.08. The molecule has 4 aromatic rings. The second kappa shape index (κ2) is 8.22. The molecule has 8 nitrogen and oxygen atoms in total. The number of amides is 1. The van der Waals surface area contributed by atoms with Crippen molar-refractivity contribution in [2.75, 3.05) is 31.1 Å². The number of aromatic amines is 1. The lowest BCUT2D eigenvalue weighted by atomic mass is 10.1. The second-order valence-electron chi connectivity index (χ2n) is 7.78. The van der Waals surface area contributed by atoms with Gasteiger partial charge in [0.15, 0.2) is 0 Å². The summed E-state index contributed by atoms with van der Waals surface area (Å²) in [5.74, 6) is 0.401. The van der Waals surface area contributed by atoms with Crippen LogP contribution in [0.25, 0.3) is 10.9 Å². The van der Waals surface area contributed by atoms with E-state index in [2.05, 4.69) is 22.0 Å². The minimum Gasteiger partial charge on any atom is -0.467 e. The van der Waals surface area contributed by atoms with Crippen LogP contribution in [0, 0.1) is 0 Å². The first-order chi connectivity index (χ1) is 15.6. The summed E-state index contributed by atoms with van der Waals surface area (Å²) in [5.41, 5.74) is 0.985. The fourth-order valence-electron chi connectivity index (χ4n) is 4.08. The van der Waals surface area contributed by atoms with Crippen molar-refractivity contribution in [3.05, 3.63) is 99.1 Å². The Morgan fingerprint density at radius 1 is 0.938 bits per heavy atom. The van der Waals surface area contributed by atoms with Gasteiger partial charge < -0.3 is 19.2 Å². The highest BCUT2D eigenvalue weighted by Crippen LogP contribution is 2.18. The van der Waals surface area contributed by atoms with Gasteiger partial charge in [-0.15, -0.1) is 0 Å². The molecule has 5 rings (SSSR count). The summed E-state index contributed by atoms with van der Waals surface area (Å²) in [6.45, 7) is 2.75. The molecule has 0 saturated carbocycles. The van der Waals surface area contributed by atoms with Crippen LogP contribution in [0.3, 0.4) is 0 Å². The number of nitrogens with zero attached hydrogens (tertiary/aromatic N) is 3. The van der Waals surface area contributed by atoms with Crippen molar-refractivity contribution >= 4 is 22.5 Å². The van der Waals surface area contributed by atoms with E-state index < -0.39 is 11.2 Å². The molecule has 8 heteroatoms. The van der Waals surface area contributed by atoms with Crippen LogP contribution in [0.1, 0.15) is 16.1 Å². The summed E-state index contributed by atoms with van der Waals surface area (Å²) in [6, 6.07) is 18.4. The molecule has 0 aliphatic carbocycles. The molecule has 1 aliphatic heterocycles. The van der Waals surface area contributed by atoms with Gasteiger partial charge in [0.2, 0.25) is 0 Å². The molecular weight excluding hydrogens is 408 g/mol. The summed E-state index contributed by atoms with van der Waals surface area (Å²) >= 11 is 0. The van der Waals surface area contributed by atoms with Gasteiger partial charge in [-0.05, 0) is 42.5 Å². The van der Waals surface area contributed by atoms with E-state index in [9.17, 15) is 14.4 Å². The minimum absolute atomic E-state index is 0.0451. The number of nitrogens with one attached hydrogen (secondary N) is 1. The molecule has 1 N–H and O–H groups in total. The maximum absolute atomic E-state index is 13.1. The molecule has 0 spiro atoms. The quantitative estimate of drug-likeness (QED) is 0.536. The standard InChI is InChI=1S/C24H22N4O4/c29-22(27-12-10-26(11-13-27)18-5-2-1-3-6-18)17-8-9-20-21(15-17)25-24(31)28(23(20)30)16-19-7-4-14-32-19/h1-9,14-15H,10-13,16H2,(H,25,31). The van der Waals surface area contributed by atoms with E-state index in [-0.39, 0.29) is 12.5 Å². The van der Waals surface area contributed by atoms with Crippen molar-refractivity contribution in [1.82, 2.24) is 14.5 Å². The zero-order valence-electron chi connectivity index (χ0n) is 17.4. The third-order valence-corrected chi connectivity index (χ3v) is 5.81. The van der Waals surface area contributed by atoms with Crippen molar-refractivity contribution in [3.63, 3.8) is 0 Å². The van der Waals surface area contributed by atoms with Crippen LogP contribution in [-0.2, 0) is 6.54 Å². The van der Waals surface area contributed by atoms with Gasteiger partial charge in [0.1, 0.15) is 5.76 Å². The van der Waals surface area contributed by atoms with E-state index in [0.717, 1.165) is 23.3 Å². The number of carbonyl (C=O) groups is 1. The Balaban J connectivity index is 1.36. The predicted molar refractivity (Wildman–Crippen MR) is 121 cm³/mol. The predicted octanol–water partition coefficient (Wildman–Crippen LogP) is 2.29. The summed E-state index contributed by atoms with van der Waals surface area (Å²) in [5, 5.41) is 0.349. The van der Waals surface area contributed by atoms with Crippen LogP contribution in [0.4, 0.5) is 5.69 Å².